The highest BCUT2D eigenvalue weighted by molar-refractivity contribution is 5.87. The first-order valence-electron chi connectivity index (χ1n) is 8.70. The second-order valence-corrected chi connectivity index (χ2v) is 6.69. The highest BCUT2D eigenvalue weighted by Gasteiger charge is 2.29. The summed E-state index contributed by atoms with van der Waals surface area (Å²) in [6.07, 6.45) is 3.84. The zero-order valence-corrected chi connectivity index (χ0v) is 14.8. The van der Waals surface area contributed by atoms with E-state index in [2.05, 4.69) is 30.0 Å². The lowest BCUT2D eigenvalue weighted by Gasteiger charge is -2.25. The third-order valence-electron chi connectivity index (χ3n) is 4.28. The standard InChI is InChI=1S/C18H22N4O3/c1-4-24-18(23)13-9-15(12-6-5-7-12)22(21-13)17-14(10-19)20-16(25-17)8-11(2)3/h9,11-12H,4-8H2,1-3H3. The average Bonchev–Trinajstić information content (AvgIpc) is 3.09. The molecule has 1 aliphatic rings. The van der Waals surface area contributed by atoms with Gasteiger partial charge < -0.3 is 9.15 Å². The van der Waals surface area contributed by atoms with Gasteiger partial charge in [-0.15, -0.1) is 0 Å². The van der Waals surface area contributed by atoms with Crippen molar-refractivity contribution in [2.45, 2.75) is 52.4 Å². The number of hydrogen-bond acceptors (Lipinski definition) is 6. The third-order valence-corrected chi connectivity index (χ3v) is 4.28. The van der Waals surface area contributed by atoms with Crippen molar-refractivity contribution in [1.29, 1.82) is 5.26 Å². The molecule has 2 aromatic rings. The number of nitriles is 1. The van der Waals surface area contributed by atoms with Crippen LogP contribution >= 0.6 is 0 Å². The second-order valence-electron chi connectivity index (χ2n) is 6.69. The lowest BCUT2D eigenvalue weighted by Crippen LogP contribution is -2.14. The first-order chi connectivity index (χ1) is 12.0. The fourth-order valence-corrected chi connectivity index (χ4v) is 2.87. The molecule has 7 nitrogen and oxygen atoms in total. The highest BCUT2D eigenvalue weighted by Crippen LogP contribution is 2.38. The Morgan fingerprint density at radius 1 is 1.52 bits per heavy atom. The van der Waals surface area contributed by atoms with Crippen molar-refractivity contribution in [1.82, 2.24) is 14.8 Å². The van der Waals surface area contributed by atoms with E-state index in [1.54, 1.807) is 17.7 Å². The largest absolute Gasteiger partial charge is 0.461 e. The maximum absolute atomic E-state index is 12.1. The fraction of sp³-hybridized carbons (Fsp3) is 0.556. The van der Waals surface area contributed by atoms with Crippen LogP contribution in [0.1, 0.15) is 73.7 Å². The van der Waals surface area contributed by atoms with Gasteiger partial charge in [0.1, 0.15) is 6.07 Å². The molecule has 0 saturated heterocycles. The van der Waals surface area contributed by atoms with Crippen LogP contribution in [0, 0.1) is 17.2 Å². The summed E-state index contributed by atoms with van der Waals surface area (Å²) in [6, 6.07) is 3.82. The average molecular weight is 342 g/mol. The minimum Gasteiger partial charge on any atom is -0.461 e. The van der Waals surface area contributed by atoms with Crippen LogP contribution in [-0.2, 0) is 11.2 Å². The van der Waals surface area contributed by atoms with Crippen LogP contribution in [0.25, 0.3) is 5.88 Å². The Morgan fingerprint density at radius 2 is 2.28 bits per heavy atom. The number of nitrogens with zero attached hydrogens (tertiary/aromatic N) is 4. The molecule has 0 spiro atoms. The van der Waals surface area contributed by atoms with E-state index >= 15 is 0 Å². The summed E-state index contributed by atoms with van der Waals surface area (Å²) >= 11 is 0. The number of oxazole rings is 1. The summed E-state index contributed by atoms with van der Waals surface area (Å²) in [5.74, 6) is 0.991. The van der Waals surface area contributed by atoms with Crippen LogP contribution < -0.4 is 0 Å². The van der Waals surface area contributed by atoms with Crippen molar-refractivity contribution in [3.8, 4) is 12.0 Å². The molecular weight excluding hydrogens is 320 g/mol. The summed E-state index contributed by atoms with van der Waals surface area (Å²) < 4.78 is 12.4. The van der Waals surface area contributed by atoms with Crippen LogP contribution in [-0.4, -0.2) is 27.3 Å². The molecule has 0 N–H and O–H groups in total. The molecule has 2 heterocycles. The molecule has 0 amide bonds. The Labute approximate surface area is 146 Å². The summed E-state index contributed by atoms with van der Waals surface area (Å²) in [6.45, 7) is 6.16. The monoisotopic (exact) mass is 342 g/mol. The van der Waals surface area contributed by atoms with Gasteiger partial charge in [-0.2, -0.15) is 10.4 Å². The van der Waals surface area contributed by atoms with Gasteiger partial charge in [0, 0.05) is 12.3 Å². The number of carbonyl (C=O) groups excluding carboxylic acids is 1. The number of hydrogen-bond donors (Lipinski definition) is 0. The van der Waals surface area contributed by atoms with Crippen molar-refractivity contribution in [3.05, 3.63) is 29.0 Å². The zero-order valence-electron chi connectivity index (χ0n) is 14.8. The van der Waals surface area contributed by atoms with E-state index in [-0.39, 0.29) is 23.9 Å². The number of carbonyl (C=O) groups is 1. The second kappa shape index (κ2) is 7.09. The molecule has 0 unspecified atom stereocenters. The predicted molar refractivity (Wildman–Crippen MR) is 89.4 cm³/mol. The molecule has 0 atom stereocenters. The molecule has 2 aromatic heterocycles. The molecule has 25 heavy (non-hydrogen) atoms. The van der Waals surface area contributed by atoms with Crippen molar-refractivity contribution in [2.75, 3.05) is 6.61 Å². The van der Waals surface area contributed by atoms with E-state index in [1.165, 1.54) is 0 Å². The number of aromatic nitrogens is 3. The van der Waals surface area contributed by atoms with Gasteiger partial charge in [0.25, 0.3) is 5.88 Å². The smallest absolute Gasteiger partial charge is 0.358 e. The van der Waals surface area contributed by atoms with Crippen LogP contribution in [0.15, 0.2) is 10.5 Å². The Balaban J connectivity index is 2.04. The summed E-state index contributed by atoms with van der Waals surface area (Å²) in [5.41, 5.74) is 1.29. The van der Waals surface area contributed by atoms with Gasteiger partial charge in [-0.1, -0.05) is 20.3 Å². The number of ether oxygens (including phenoxy) is 1. The van der Waals surface area contributed by atoms with Crippen LogP contribution in [0.2, 0.25) is 0 Å². The summed E-state index contributed by atoms with van der Waals surface area (Å²) in [7, 11) is 0. The maximum atomic E-state index is 12.1. The Bertz CT molecular complexity index is 809. The molecule has 3 rings (SSSR count). The molecular formula is C18H22N4O3. The van der Waals surface area contributed by atoms with Crippen LogP contribution in [0.5, 0.6) is 0 Å². The molecule has 0 bridgehead atoms. The van der Waals surface area contributed by atoms with Crippen LogP contribution in [0.3, 0.4) is 0 Å². The van der Waals surface area contributed by atoms with Crippen LogP contribution in [0.4, 0.5) is 0 Å². The SMILES string of the molecule is CCOC(=O)c1cc(C2CCC2)n(-c2oc(CC(C)C)nc2C#N)n1. The molecule has 1 saturated carbocycles. The summed E-state index contributed by atoms with van der Waals surface area (Å²) in [4.78, 5) is 16.3. The Hall–Kier alpha value is -2.62. The molecule has 1 fully saturated rings. The molecule has 0 aliphatic heterocycles. The van der Waals surface area contributed by atoms with E-state index in [1.807, 2.05) is 0 Å². The topological polar surface area (TPSA) is 93.9 Å². The van der Waals surface area contributed by atoms with Gasteiger partial charge in [0.2, 0.25) is 5.69 Å². The van der Waals surface area contributed by atoms with E-state index in [9.17, 15) is 10.1 Å². The first kappa shape index (κ1) is 17.2. The molecule has 132 valence electrons. The van der Waals surface area contributed by atoms with Crippen molar-refractivity contribution < 1.29 is 13.9 Å². The van der Waals surface area contributed by atoms with E-state index < -0.39 is 5.97 Å². The van der Waals surface area contributed by atoms with Gasteiger partial charge >= 0.3 is 5.97 Å². The minimum absolute atomic E-state index is 0.190. The molecule has 1 aliphatic carbocycles. The van der Waals surface area contributed by atoms with E-state index in [0.29, 0.717) is 24.1 Å². The van der Waals surface area contributed by atoms with E-state index in [0.717, 1.165) is 25.0 Å². The van der Waals surface area contributed by atoms with Gasteiger partial charge in [-0.3, -0.25) is 0 Å². The van der Waals surface area contributed by atoms with Gasteiger partial charge in [0.15, 0.2) is 11.6 Å². The lowest BCUT2D eigenvalue weighted by atomic mass is 9.83. The summed E-state index contributed by atoms with van der Waals surface area (Å²) in [5, 5.41) is 13.8. The van der Waals surface area contributed by atoms with Gasteiger partial charge in [0.05, 0.1) is 12.3 Å². The van der Waals surface area contributed by atoms with Gasteiger partial charge in [-0.05, 0) is 31.7 Å². The third kappa shape index (κ3) is 3.43. The number of rotatable bonds is 6. The zero-order chi connectivity index (χ0) is 18.0. The Morgan fingerprint density at radius 3 is 2.84 bits per heavy atom. The van der Waals surface area contributed by atoms with Gasteiger partial charge in [-0.25, -0.2) is 14.5 Å². The first-order valence-corrected chi connectivity index (χ1v) is 8.70. The highest BCUT2D eigenvalue weighted by atomic mass is 16.5. The van der Waals surface area contributed by atoms with E-state index in [4.69, 9.17) is 9.15 Å². The lowest BCUT2D eigenvalue weighted by molar-refractivity contribution is 0.0519. The quantitative estimate of drug-likeness (QED) is 0.747. The fourth-order valence-electron chi connectivity index (χ4n) is 2.87. The predicted octanol–water partition coefficient (Wildman–Crippen LogP) is 3.37. The molecule has 7 heteroatoms. The Kier molecular flexibility index (Phi) is 4.88. The van der Waals surface area contributed by atoms with Crippen molar-refractivity contribution in [2.24, 2.45) is 5.92 Å². The molecule has 0 radical (unpaired) electrons. The van der Waals surface area contributed by atoms with Crippen molar-refractivity contribution >= 4 is 5.97 Å². The minimum atomic E-state index is -0.470. The number of esters is 1. The molecule has 0 aromatic carbocycles. The van der Waals surface area contributed by atoms with Crippen molar-refractivity contribution in [3.63, 3.8) is 0 Å². The maximum Gasteiger partial charge on any atom is 0.358 e. The normalized spacial score (nSPS) is 14.4.